The van der Waals surface area contributed by atoms with Crippen molar-refractivity contribution in [3.05, 3.63) is 15.0 Å². The van der Waals surface area contributed by atoms with Crippen molar-refractivity contribution < 1.29 is 4.79 Å². The van der Waals surface area contributed by atoms with E-state index in [0.29, 0.717) is 0 Å². The molecule has 0 saturated heterocycles. The molecule has 0 aromatic carbocycles. The highest BCUT2D eigenvalue weighted by Crippen LogP contribution is 2.24. The van der Waals surface area contributed by atoms with Crippen LogP contribution in [0, 0.1) is 0 Å². The van der Waals surface area contributed by atoms with E-state index in [0.717, 1.165) is 8.79 Å². The van der Waals surface area contributed by atoms with E-state index in [1.807, 2.05) is 13.8 Å². The Kier molecular flexibility index (Phi) is 4.89. The van der Waals surface area contributed by atoms with E-state index in [2.05, 4.69) is 26.2 Å². The van der Waals surface area contributed by atoms with E-state index in [9.17, 15) is 4.79 Å². The third kappa shape index (κ3) is 3.54. The summed E-state index contributed by atoms with van der Waals surface area (Å²) in [6.45, 7) is 3.87. The molecular formula is C10H16BrN3OS. The molecule has 4 nitrogen and oxygen atoms in total. The average molecular weight is 306 g/mol. The molecule has 0 aliphatic heterocycles. The van der Waals surface area contributed by atoms with Crippen LogP contribution < -0.4 is 5.32 Å². The van der Waals surface area contributed by atoms with Crippen molar-refractivity contribution in [2.24, 2.45) is 0 Å². The van der Waals surface area contributed by atoms with Gasteiger partial charge in [-0.15, -0.1) is 11.3 Å². The summed E-state index contributed by atoms with van der Waals surface area (Å²) in [5, 5.41) is 4.20. The van der Waals surface area contributed by atoms with Gasteiger partial charge in [-0.1, -0.05) is 0 Å². The van der Waals surface area contributed by atoms with Crippen LogP contribution in [0.4, 0.5) is 0 Å². The Labute approximate surface area is 108 Å². The molecule has 0 radical (unpaired) electrons. The molecule has 6 heteroatoms. The number of hydrogen-bond donors (Lipinski definition) is 1. The zero-order chi connectivity index (χ0) is 12.3. The van der Waals surface area contributed by atoms with Gasteiger partial charge in [0.2, 0.25) is 5.91 Å². The number of nitrogens with zero attached hydrogens (tertiary/aromatic N) is 2. The first-order valence-electron chi connectivity index (χ1n) is 5.00. The average Bonchev–Trinajstić information content (AvgIpc) is 2.63. The highest BCUT2D eigenvalue weighted by Gasteiger charge is 2.19. The van der Waals surface area contributed by atoms with Gasteiger partial charge in [0, 0.05) is 14.1 Å². The van der Waals surface area contributed by atoms with E-state index in [1.165, 1.54) is 0 Å². The second kappa shape index (κ2) is 5.75. The molecule has 1 rings (SSSR count). The molecule has 1 amide bonds. The summed E-state index contributed by atoms with van der Waals surface area (Å²) >= 11 is 4.95. The Hall–Kier alpha value is -0.460. The zero-order valence-electron chi connectivity index (χ0n) is 9.82. The summed E-state index contributed by atoms with van der Waals surface area (Å²) in [5.74, 6) is 0.0717. The number of thiazole rings is 1. The van der Waals surface area contributed by atoms with Gasteiger partial charge in [-0.25, -0.2) is 4.98 Å². The molecule has 0 aliphatic rings. The van der Waals surface area contributed by atoms with E-state index in [-0.39, 0.29) is 18.0 Å². The van der Waals surface area contributed by atoms with Crippen molar-refractivity contribution in [1.29, 1.82) is 0 Å². The molecule has 1 aromatic rings. The fourth-order valence-electron chi connectivity index (χ4n) is 1.37. The first-order valence-corrected chi connectivity index (χ1v) is 6.61. The summed E-state index contributed by atoms with van der Waals surface area (Å²) < 4.78 is 1.00. The lowest BCUT2D eigenvalue weighted by atomic mass is 10.2. The van der Waals surface area contributed by atoms with Crippen molar-refractivity contribution in [2.45, 2.75) is 25.9 Å². The van der Waals surface area contributed by atoms with Gasteiger partial charge in [-0.2, -0.15) is 0 Å². The van der Waals surface area contributed by atoms with Gasteiger partial charge in [-0.05, 0) is 29.8 Å². The number of halogens is 1. The highest BCUT2D eigenvalue weighted by atomic mass is 79.9. The Morgan fingerprint density at radius 2 is 2.19 bits per heavy atom. The monoisotopic (exact) mass is 305 g/mol. The lowest BCUT2D eigenvalue weighted by Gasteiger charge is -2.21. The number of rotatable bonds is 4. The third-order valence-corrected chi connectivity index (χ3v) is 3.84. The van der Waals surface area contributed by atoms with Crippen LogP contribution in [-0.2, 0) is 4.79 Å². The van der Waals surface area contributed by atoms with Crippen molar-refractivity contribution >= 4 is 33.2 Å². The second-order valence-electron chi connectivity index (χ2n) is 3.85. The number of hydrogen-bond acceptors (Lipinski definition) is 4. The van der Waals surface area contributed by atoms with Crippen LogP contribution in [0.2, 0.25) is 0 Å². The zero-order valence-corrected chi connectivity index (χ0v) is 12.2. The smallest absolute Gasteiger partial charge is 0.238 e. The second-order valence-corrected chi connectivity index (χ2v) is 6.29. The molecule has 0 fully saturated rings. The number of amides is 1. The van der Waals surface area contributed by atoms with Crippen molar-refractivity contribution in [3.63, 3.8) is 0 Å². The van der Waals surface area contributed by atoms with Crippen molar-refractivity contribution in [1.82, 2.24) is 15.2 Å². The van der Waals surface area contributed by atoms with Gasteiger partial charge in [0.25, 0.3) is 0 Å². The van der Waals surface area contributed by atoms with Crippen LogP contribution in [0.1, 0.15) is 24.9 Å². The van der Waals surface area contributed by atoms with Crippen LogP contribution in [0.3, 0.4) is 0 Å². The molecule has 0 saturated carbocycles. The lowest BCUT2D eigenvalue weighted by Crippen LogP contribution is -2.42. The van der Waals surface area contributed by atoms with Gasteiger partial charge in [0.15, 0.2) is 0 Å². The Morgan fingerprint density at radius 1 is 1.56 bits per heavy atom. The molecule has 1 unspecified atom stereocenters. The fraction of sp³-hybridized carbons (Fsp3) is 0.600. The summed E-state index contributed by atoms with van der Waals surface area (Å²) in [6, 6.07) is -0.122. The molecule has 1 N–H and O–H groups in total. The topological polar surface area (TPSA) is 45.2 Å². The minimum absolute atomic E-state index is 0.0717. The maximum absolute atomic E-state index is 11.7. The van der Waals surface area contributed by atoms with Crippen LogP contribution >= 0.6 is 27.3 Å². The van der Waals surface area contributed by atoms with E-state index in [1.54, 1.807) is 36.5 Å². The first kappa shape index (κ1) is 13.6. The summed E-state index contributed by atoms with van der Waals surface area (Å²) in [7, 11) is 3.51. The van der Waals surface area contributed by atoms with Crippen LogP contribution in [0.15, 0.2) is 9.98 Å². The predicted molar refractivity (Wildman–Crippen MR) is 69.5 cm³/mol. The normalized spacial score (nSPS) is 14.6. The van der Waals surface area contributed by atoms with Gasteiger partial charge in [-0.3, -0.25) is 10.1 Å². The van der Waals surface area contributed by atoms with E-state index in [4.69, 9.17) is 0 Å². The maximum atomic E-state index is 11.7. The highest BCUT2D eigenvalue weighted by molar-refractivity contribution is 9.11. The molecule has 16 heavy (non-hydrogen) atoms. The van der Waals surface area contributed by atoms with Crippen LogP contribution in [0.5, 0.6) is 0 Å². The molecule has 1 aromatic heterocycles. The number of carbonyl (C=O) groups is 1. The van der Waals surface area contributed by atoms with Gasteiger partial charge < -0.3 is 4.90 Å². The standard InChI is InChI=1S/C10H16BrN3OS/c1-6(9-12-5-8(11)16-9)13-7(2)10(15)14(3)4/h5-7,13H,1-4H3/t6?,7-/m1/s1. The SMILES string of the molecule is CC(N[C@H](C)C(=O)N(C)C)c1ncc(Br)s1. The molecule has 2 atom stereocenters. The number of likely N-dealkylation sites (N-methyl/N-ethyl adjacent to an activating group) is 1. The molecule has 0 bridgehead atoms. The Bertz CT molecular complexity index is 367. The molecule has 0 spiro atoms. The number of carbonyl (C=O) groups excluding carboxylic acids is 1. The lowest BCUT2D eigenvalue weighted by molar-refractivity contribution is -0.130. The summed E-state index contributed by atoms with van der Waals surface area (Å²) in [4.78, 5) is 17.5. The first-order chi connectivity index (χ1) is 7.41. The number of nitrogens with one attached hydrogen (secondary N) is 1. The Balaban J connectivity index is 2.58. The van der Waals surface area contributed by atoms with Crippen molar-refractivity contribution in [3.8, 4) is 0 Å². The Morgan fingerprint density at radius 3 is 2.62 bits per heavy atom. The van der Waals surface area contributed by atoms with E-state index >= 15 is 0 Å². The largest absolute Gasteiger partial charge is 0.347 e. The molecule has 1 heterocycles. The quantitative estimate of drug-likeness (QED) is 0.926. The maximum Gasteiger partial charge on any atom is 0.238 e. The molecular weight excluding hydrogens is 290 g/mol. The molecule has 0 aliphatic carbocycles. The van der Waals surface area contributed by atoms with Crippen molar-refractivity contribution in [2.75, 3.05) is 14.1 Å². The molecule has 90 valence electrons. The van der Waals surface area contributed by atoms with Gasteiger partial charge >= 0.3 is 0 Å². The summed E-state index contributed by atoms with van der Waals surface area (Å²) in [6.07, 6.45) is 1.77. The number of aromatic nitrogens is 1. The van der Waals surface area contributed by atoms with Gasteiger partial charge in [0.1, 0.15) is 5.01 Å². The van der Waals surface area contributed by atoms with Crippen LogP contribution in [-0.4, -0.2) is 35.9 Å². The van der Waals surface area contributed by atoms with Crippen LogP contribution in [0.25, 0.3) is 0 Å². The fourth-order valence-corrected chi connectivity index (χ4v) is 2.63. The predicted octanol–water partition coefficient (Wildman–Crippen LogP) is 2.03. The summed E-state index contributed by atoms with van der Waals surface area (Å²) in [5.41, 5.74) is 0. The van der Waals surface area contributed by atoms with Gasteiger partial charge in [0.05, 0.1) is 22.1 Å². The minimum atomic E-state index is -0.201. The van der Waals surface area contributed by atoms with E-state index < -0.39 is 0 Å². The third-order valence-electron chi connectivity index (χ3n) is 2.18. The minimum Gasteiger partial charge on any atom is -0.347 e.